The van der Waals surface area contributed by atoms with Gasteiger partial charge in [-0.3, -0.25) is 19.8 Å². The first kappa shape index (κ1) is 27.5. The monoisotopic (exact) mass is 544 g/mol. The summed E-state index contributed by atoms with van der Waals surface area (Å²) in [6.07, 6.45) is 5.27. The number of morpholine rings is 1. The summed E-state index contributed by atoms with van der Waals surface area (Å²) in [6, 6.07) is -0.239. The van der Waals surface area contributed by atoms with Crippen LogP contribution in [-0.2, 0) is 19.1 Å². The third-order valence-corrected chi connectivity index (χ3v) is 9.85. The van der Waals surface area contributed by atoms with Crippen molar-refractivity contribution in [3.8, 4) is 0 Å². The van der Waals surface area contributed by atoms with Crippen molar-refractivity contribution in [2.45, 2.75) is 118 Å². The average molecular weight is 545 g/mol. The Morgan fingerprint density at radius 3 is 2.57 bits per heavy atom. The molecule has 11 heteroatoms. The van der Waals surface area contributed by atoms with Gasteiger partial charge in [0.05, 0.1) is 48.5 Å². The summed E-state index contributed by atoms with van der Waals surface area (Å²) in [5.74, 6) is -0.281. The van der Waals surface area contributed by atoms with Crippen molar-refractivity contribution in [1.82, 2.24) is 20.9 Å². The molecule has 0 aromatic carbocycles. The molecule has 2 amide bonds. The van der Waals surface area contributed by atoms with Crippen LogP contribution in [0.3, 0.4) is 0 Å². The zero-order valence-corrected chi connectivity index (χ0v) is 22.3. The van der Waals surface area contributed by atoms with Crippen LogP contribution in [0.2, 0.25) is 0 Å². The normalized spacial score (nSPS) is 42.8. The van der Waals surface area contributed by atoms with Crippen molar-refractivity contribution < 1.29 is 28.6 Å². The lowest BCUT2D eigenvalue weighted by atomic mass is 9.59. The van der Waals surface area contributed by atoms with Crippen LogP contribution in [0, 0.1) is 0 Å². The Morgan fingerprint density at radius 1 is 1.11 bits per heavy atom. The van der Waals surface area contributed by atoms with Gasteiger partial charge in [-0.15, -0.1) is 11.6 Å². The molecule has 210 valence electrons. The molecule has 2 saturated heterocycles. The smallest absolute Gasteiger partial charge is 0.246 e. The predicted molar refractivity (Wildman–Crippen MR) is 136 cm³/mol. The zero-order valence-electron chi connectivity index (χ0n) is 21.6. The van der Waals surface area contributed by atoms with Crippen LogP contribution in [0.5, 0.6) is 0 Å². The SMILES string of the molecule is O=C(COC1CCC(Cl)C(F)C1)NC12CCC(NC(=O)C3CCCC(N4CCOCC4)N3)(CC1)CC2O. The second-order valence-corrected chi connectivity index (χ2v) is 12.3. The number of aliphatic hydroxyl groups excluding tert-OH is 1. The summed E-state index contributed by atoms with van der Waals surface area (Å²) in [7, 11) is 0. The Kier molecular flexibility index (Phi) is 8.63. The number of nitrogens with one attached hydrogen (secondary N) is 3. The third kappa shape index (κ3) is 6.25. The number of nitrogens with zero attached hydrogens (tertiary/aromatic N) is 1. The Morgan fingerprint density at radius 2 is 1.86 bits per heavy atom. The van der Waals surface area contributed by atoms with Gasteiger partial charge in [-0.1, -0.05) is 0 Å². The molecule has 6 unspecified atom stereocenters. The highest BCUT2D eigenvalue weighted by Gasteiger charge is 2.55. The minimum atomic E-state index is -1.11. The minimum Gasteiger partial charge on any atom is -0.391 e. The summed E-state index contributed by atoms with van der Waals surface area (Å²) in [5, 5.41) is 20.5. The van der Waals surface area contributed by atoms with Crippen molar-refractivity contribution in [1.29, 1.82) is 0 Å². The largest absolute Gasteiger partial charge is 0.391 e. The second-order valence-electron chi connectivity index (χ2n) is 11.8. The molecular weight excluding hydrogens is 503 g/mol. The van der Waals surface area contributed by atoms with Crippen LogP contribution >= 0.6 is 11.6 Å². The number of halogens is 2. The molecule has 0 spiro atoms. The molecule has 2 aliphatic heterocycles. The number of hydrogen-bond acceptors (Lipinski definition) is 7. The maximum atomic E-state index is 13.9. The average Bonchev–Trinajstić information content (AvgIpc) is 2.91. The van der Waals surface area contributed by atoms with E-state index in [-0.39, 0.29) is 43.2 Å². The van der Waals surface area contributed by atoms with Crippen molar-refractivity contribution in [2.24, 2.45) is 0 Å². The molecule has 4 N–H and O–H groups in total. The molecule has 6 aliphatic rings. The number of alkyl halides is 2. The molecule has 6 atom stereocenters. The molecule has 6 fully saturated rings. The molecule has 4 saturated carbocycles. The highest BCUT2D eigenvalue weighted by Crippen LogP contribution is 2.47. The van der Waals surface area contributed by atoms with Crippen molar-refractivity contribution >= 4 is 23.4 Å². The standard InChI is InChI=1S/C26H42ClFN4O5/c27-18-5-4-17(14-19(18)28)37-16-23(34)30-26-8-6-25(7-9-26,15-21(26)33)31-24(35)20-2-1-3-22(29-20)32-10-12-36-13-11-32/h17-22,29,33H,1-16H2,(H,30,34)(H,31,35). The van der Waals surface area contributed by atoms with Gasteiger partial charge in [0.1, 0.15) is 12.8 Å². The van der Waals surface area contributed by atoms with Crippen LogP contribution in [-0.4, -0.2) is 102 Å². The summed E-state index contributed by atoms with van der Waals surface area (Å²) in [5.41, 5.74) is -1.14. The number of amides is 2. The molecule has 4 aliphatic carbocycles. The number of hydrogen-bond donors (Lipinski definition) is 4. The van der Waals surface area contributed by atoms with Gasteiger partial charge in [0, 0.05) is 25.0 Å². The molecule has 9 nitrogen and oxygen atoms in total. The number of carbonyl (C=O) groups excluding carboxylic acids is 2. The van der Waals surface area contributed by atoms with Crippen LogP contribution in [0.25, 0.3) is 0 Å². The van der Waals surface area contributed by atoms with Crippen molar-refractivity contribution in [3.05, 3.63) is 0 Å². The fourth-order valence-corrected chi connectivity index (χ4v) is 7.24. The van der Waals surface area contributed by atoms with Gasteiger partial charge >= 0.3 is 0 Å². The Labute approximate surface area is 223 Å². The summed E-state index contributed by atoms with van der Waals surface area (Å²) < 4.78 is 25.0. The van der Waals surface area contributed by atoms with E-state index in [1.165, 1.54) is 0 Å². The highest BCUT2D eigenvalue weighted by atomic mass is 35.5. The molecular formula is C26H42ClFN4O5. The van der Waals surface area contributed by atoms with Crippen LogP contribution in [0.15, 0.2) is 0 Å². The topological polar surface area (TPSA) is 112 Å². The minimum absolute atomic E-state index is 0.00910. The summed E-state index contributed by atoms with van der Waals surface area (Å²) >= 11 is 5.93. The van der Waals surface area contributed by atoms with Gasteiger partial charge in [0.25, 0.3) is 0 Å². The van der Waals surface area contributed by atoms with E-state index in [2.05, 4.69) is 20.9 Å². The van der Waals surface area contributed by atoms with Gasteiger partial charge in [0.15, 0.2) is 0 Å². The number of rotatable bonds is 7. The van der Waals surface area contributed by atoms with E-state index in [1.54, 1.807) is 0 Å². The number of ether oxygens (including phenoxy) is 2. The molecule has 2 heterocycles. The van der Waals surface area contributed by atoms with E-state index in [0.29, 0.717) is 44.9 Å². The molecule has 6 rings (SSSR count). The van der Waals surface area contributed by atoms with E-state index in [0.717, 1.165) is 45.6 Å². The fraction of sp³-hybridized carbons (Fsp3) is 0.923. The first-order chi connectivity index (χ1) is 17.8. The maximum Gasteiger partial charge on any atom is 0.246 e. The number of carbonyl (C=O) groups is 2. The van der Waals surface area contributed by atoms with E-state index < -0.39 is 28.7 Å². The van der Waals surface area contributed by atoms with Crippen molar-refractivity contribution in [2.75, 3.05) is 32.9 Å². The second kappa shape index (κ2) is 11.6. The van der Waals surface area contributed by atoms with Gasteiger partial charge in [-0.05, 0) is 64.2 Å². The van der Waals surface area contributed by atoms with Gasteiger partial charge in [-0.2, -0.15) is 0 Å². The first-order valence-electron chi connectivity index (χ1n) is 14.1. The summed E-state index contributed by atoms with van der Waals surface area (Å²) in [4.78, 5) is 28.4. The molecule has 2 bridgehead atoms. The number of piperidine rings is 1. The summed E-state index contributed by atoms with van der Waals surface area (Å²) in [6.45, 7) is 3.07. The van der Waals surface area contributed by atoms with E-state index in [9.17, 15) is 19.1 Å². The maximum absolute atomic E-state index is 13.9. The van der Waals surface area contributed by atoms with Crippen LogP contribution in [0.1, 0.15) is 70.6 Å². The van der Waals surface area contributed by atoms with E-state index in [4.69, 9.17) is 21.1 Å². The third-order valence-electron chi connectivity index (χ3n) is 9.36. The predicted octanol–water partition coefficient (Wildman–Crippen LogP) is 1.35. The lowest BCUT2D eigenvalue weighted by molar-refractivity contribution is -0.141. The van der Waals surface area contributed by atoms with Crippen molar-refractivity contribution in [3.63, 3.8) is 0 Å². The number of aliphatic hydroxyl groups is 1. The number of fused-ring (bicyclic) bond motifs is 3. The van der Waals surface area contributed by atoms with E-state index in [1.807, 2.05) is 0 Å². The molecule has 37 heavy (non-hydrogen) atoms. The van der Waals surface area contributed by atoms with Gasteiger partial charge < -0.3 is 25.2 Å². The lowest BCUT2D eigenvalue weighted by Crippen LogP contribution is -2.71. The van der Waals surface area contributed by atoms with E-state index >= 15 is 0 Å². The Bertz CT molecular complexity index is 823. The van der Waals surface area contributed by atoms with Gasteiger partial charge in [-0.25, -0.2) is 4.39 Å². The van der Waals surface area contributed by atoms with Crippen LogP contribution in [0.4, 0.5) is 4.39 Å². The Balaban J connectivity index is 1.10. The first-order valence-corrected chi connectivity index (χ1v) is 14.5. The lowest BCUT2D eigenvalue weighted by Gasteiger charge is -2.56. The Hall–Kier alpha value is -1.04. The quantitative estimate of drug-likeness (QED) is 0.358. The fourth-order valence-electron chi connectivity index (χ4n) is 7.01. The molecule has 0 radical (unpaired) electrons. The molecule has 0 aromatic rings. The molecule has 0 aromatic heterocycles. The zero-order chi connectivity index (χ0) is 26.0. The van der Waals surface area contributed by atoms with Crippen LogP contribution < -0.4 is 16.0 Å². The van der Waals surface area contributed by atoms with Gasteiger partial charge in [0.2, 0.25) is 11.8 Å². The highest BCUT2D eigenvalue weighted by molar-refractivity contribution is 6.21.